The Balaban J connectivity index is 1.77. The van der Waals surface area contributed by atoms with Gasteiger partial charge < -0.3 is 10.0 Å². The summed E-state index contributed by atoms with van der Waals surface area (Å²) in [5.74, 6) is 0. The van der Waals surface area contributed by atoms with Crippen molar-refractivity contribution in [3.05, 3.63) is 34.9 Å². The molecule has 0 aromatic heterocycles. The predicted octanol–water partition coefficient (Wildman–Crippen LogP) is 3.18. The van der Waals surface area contributed by atoms with Crippen molar-refractivity contribution in [3.63, 3.8) is 0 Å². The fourth-order valence-corrected chi connectivity index (χ4v) is 3.03. The highest BCUT2D eigenvalue weighted by Crippen LogP contribution is 2.21. The Morgan fingerprint density at radius 2 is 1.86 bits per heavy atom. The summed E-state index contributed by atoms with van der Waals surface area (Å²) in [4.78, 5) is 4.97. The van der Waals surface area contributed by atoms with Gasteiger partial charge in [-0.05, 0) is 44.9 Å². The maximum Gasteiger partial charge on any atom is 0.0802 e. The molecule has 1 unspecified atom stereocenters. The Labute approximate surface area is 133 Å². The van der Waals surface area contributed by atoms with Gasteiger partial charge in [0.25, 0.3) is 0 Å². The Bertz CT molecular complexity index is 450. The van der Waals surface area contributed by atoms with E-state index < -0.39 is 6.10 Å². The number of rotatable bonds is 4. The van der Waals surface area contributed by atoms with Gasteiger partial charge in [0.15, 0.2) is 0 Å². The first-order valence-corrected chi connectivity index (χ1v) is 8.15. The Kier molecular flexibility index (Phi) is 5.67. The second kappa shape index (κ2) is 7.10. The van der Waals surface area contributed by atoms with Gasteiger partial charge in [-0.3, -0.25) is 4.90 Å². The molecule has 118 valence electrons. The summed E-state index contributed by atoms with van der Waals surface area (Å²) >= 11 is 5.97. The summed E-state index contributed by atoms with van der Waals surface area (Å²) in [6.07, 6.45) is 0.333. The van der Waals surface area contributed by atoms with Gasteiger partial charge in [0.2, 0.25) is 0 Å². The Morgan fingerprint density at radius 3 is 2.43 bits per heavy atom. The van der Waals surface area contributed by atoms with Crippen molar-refractivity contribution < 1.29 is 5.11 Å². The number of piperazine rings is 1. The van der Waals surface area contributed by atoms with E-state index in [9.17, 15) is 5.11 Å². The van der Waals surface area contributed by atoms with Crippen molar-refractivity contribution in [3.8, 4) is 0 Å². The van der Waals surface area contributed by atoms with Gasteiger partial charge in [-0.1, -0.05) is 23.7 Å². The number of hydrogen-bond donors (Lipinski definition) is 1. The first-order valence-electron chi connectivity index (χ1n) is 7.77. The smallest absolute Gasteiger partial charge is 0.0802 e. The van der Waals surface area contributed by atoms with E-state index in [0.717, 1.165) is 44.7 Å². The number of hydrogen-bond acceptors (Lipinski definition) is 3. The molecule has 0 saturated carbocycles. The van der Waals surface area contributed by atoms with E-state index in [1.807, 2.05) is 24.3 Å². The number of nitrogens with zero attached hydrogens (tertiary/aromatic N) is 2. The maximum absolute atomic E-state index is 10.3. The molecule has 0 radical (unpaired) electrons. The second-order valence-corrected chi connectivity index (χ2v) is 7.30. The highest BCUT2D eigenvalue weighted by atomic mass is 35.5. The lowest BCUT2D eigenvalue weighted by Crippen LogP contribution is -2.53. The number of aliphatic hydroxyl groups excluding tert-OH is 1. The normalized spacial score (nSPS) is 19.7. The van der Waals surface area contributed by atoms with Crippen molar-refractivity contribution in [2.24, 2.45) is 0 Å². The van der Waals surface area contributed by atoms with Crippen LogP contribution in [0.4, 0.5) is 0 Å². The summed E-state index contributed by atoms with van der Waals surface area (Å²) < 4.78 is 0. The molecule has 1 aromatic carbocycles. The molecule has 1 aliphatic rings. The molecule has 3 nitrogen and oxygen atoms in total. The first kappa shape index (κ1) is 16.8. The zero-order valence-electron chi connectivity index (χ0n) is 13.3. The van der Waals surface area contributed by atoms with E-state index in [1.165, 1.54) is 0 Å². The second-order valence-electron chi connectivity index (χ2n) is 6.86. The third-order valence-corrected chi connectivity index (χ3v) is 4.51. The van der Waals surface area contributed by atoms with Crippen LogP contribution in [0.2, 0.25) is 5.02 Å². The highest BCUT2D eigenvalue weighted by Gasteiger charge is 2.25. The molecule has 0 aliphatic carbocycles. The minimum atomic E-state index is -0.427. The van der Waals surface area contributed by atoms with Crippen LogP contribution in [0.25, 0.3) is 0 Å². The van der Waals surface area contributed by atoms with Crippen LogP contribution in [0.3, 0.4) is 0 Å². The fourth-order valence-electron chi connectivity index (χ4n) is 2.83. The van der Waals surface area contributed by atoms with Crippen LogP contribution >= 0.6 is 11.6 Å². The third-order valence-electron chi connectivity index (χ3n) is 4.27. The summed E-state index contributed by atoms with van der Waals surface area (Å²) in [5.41, 5.74) is 1.17. The van der Waals surface area contributed by atoms with Gasteiger partial charge in [-0.2, -0.15) is 0 Å². The van der Waals surface area contributed by atoms with Crippen molar-refractivity contribution in [2.45, 2.75) is 38.8 Å². The minimum absolute atomic E-state index is 0.256. The van der Waals surface area contributed by atoms with Gasteiger partial charge in [0, 0.05) is 43.3 Å². The van der Waals surface area contributed by atoms with Crippen molar-refractivity contribution in [2.75, 3.05) is 32.7 Å². The number of aliphatic hydroxyl groups is 1. The molecule has 1 heterocycles. The standard InChI is InChI=1S/C17H27ClN2O/c1-17(2,3)20-11-9-19(10-12-20)8-7-16(21)14-5-4-6-15(18)13-14/h4-6,13,16,21H,7-12H2,1-3H3. The largest absolute Gasteiger partial charge is 0.388 e. The van der Waals surface area contributed by atoms with E-state index in [4.69, 9.17) is 11.6 Å². The summed E-state index contributed by atoms with van der Waals surface area (Å²) in [6, 6.07) is 7.52. The van der Waals surface area contributed by atoms with E-state index in [2.05, 4.69) is 30.6 Å². The van der Waals surface area contributed by atoms with E-state index >= 15 is 0 Å². The van der Waals surface area contributed by atoms with E-state index in [-0.39, 0.29) is 5.54 Å². The van der Waals surface area contributed by atoms with Gasteiger partial charge in [0.1, 0.15) is 0 Å². The fraction of sp³-hybridized carbons (Fsp3) is 0.647. The molecular weight excluding hydrogens is 284 g/mol. The average Bonchev–Trinajstić information content (AvgIpc) is 2.44. The quantitative estimate of drug-likeness (QED) is 0.925. The summed E-state index contributed by atoms with van der Waals surface area (Å²) in [6.45, 7) is 12.1. The minimum Gasteiger partial charge on any atom is -0.388 e. The van der Waals surface area contributed by atoms with Crippen molar-refractivity contribution in [1.82, 2.24) is 9.80 Å². The molecule has 0 bridgehead atoms. The SMILES string of the molecule is CC(C)(C)N1CCN(CCC(O)c2cccc(Cl)c2)CC1. The first-order chi connectivity index (χ1) is 9.86. The van der Waals surface area contributed by atoms with Crippen LogP contribution in [-0.4, -0.2) is 53.2 Å². The molecule has 1 aromatic rings. The average molecular weight is 311 g/mol. The summed E-state index contributed by atoms with van der Waals surface area (Å²) in [5, 5.41) is 10.9. The van der Waals surface area contributed by atoms with Gasteiger partial charge in [0.05, 0.1) is 6.10 Å². The molecule has 0 spiro atoms. The predicted molar refractivity (Wildman–Crippen MR) is 88.8 cm³/mol. The molecule has 21 heavy (non-hydrogen) atoms. The third kappa shape index (κ3) is 4.96. The molecule has 1 atom stereocenters. The molecule has 1 fully saturated rings. The molecule has 1 N–H and O–H groups in total. The van der Waals surface area contributed by atoms with Crippen molar-refractivity contribution in [1.29, 1.82) is 0 Å². The van der Waals surface area contributed by atoms with Crippen LogP contribution in [0.15, 0.2) is 24.3 Å². The van der Waals surface area contributed by atoms with Crippen LogP contribution in [0.5, 0.6) is 0 Å². The topological polar surface area (TPSA) is 26.7 Å². The highest BCUT2D eigenvalue weighted by molar-refractivity contribution is 6.30. The molecule has 1 aliphatic heterocycles. The van der Waals surface area contributed by atoms with E-state index in [0.29, 0.717) is 5.02 Å². The number of halogens is 1. The van der Waals surface area contributed by atoms with E-state index in [1.54, 1.807) is 0 Å². The lowest BCUT2D eigenvalue weighted by molar-refractivity contribution is 0.0533. The van der Waals surface area contributed by atoms with Crippen LogP contribution < -0.4 is 0 Å². The lowest BCUT2D eigenvalue weighted by atomic mass is 10.0. The Hall–Kier alpha value is -0.610. The molecule has 1 saturated heterocycles. The number of benzene rings is 1. The Morgan fingerprint density at radius 1 is 1.19 bits per heavy atom. The molecule has 2 rings (SSSR count). The lowest BCUT2D eigenvalue weighted by Gasteiger charge is -2.42. The van der Waals surface area contributed by atoms with Crippen LogP contribution in [0.1, 0.15) is 38.9 Å². The van der Waals surface area contributed by atoms with Crippen molar-refractivity contribution >= 4 is 11.6 Å². The zero-order valence-corrected chi connectivity index (χ0v) is 14.1. The molecule has 0 amide bonds. The van der Waals surface area contributed by atoms with Gasteiger partial charge in [-0.15, -0.1) is 0 Å². The van der Waals surface area contributed by atoms with Gasteiger partial charge in [-0.25, -0.2) is 0 Å². The summed E-state index contributed by atoms with van der Waals surface area (Å²) in [7, 11) is 0. The monoisotopic (exact) mass is 310 g/mol. The maximum atomic E-state index is 10.3. The van der Waals surface area contributed by atoms with Gasteiger partial charge >= 0.3 is 0 Å². The van der Waals surface area contributed by atoms with Crippen LogP contribution in [0, 0.1) is 0 Å². The molecular formula is C17H27ClN2O. The van der Waals surface area contributed by atoms with Crippen LogP contribution in [-0.2, 0) is 0 Å². The zero-order chi connectivity index (χ0) is 15.5. The molecule has 4 heteroatoms.